The van der Waals surface area contributed by atoms with Crippen LogP contribution >= 0.6 is 0 Å². The highest BCUT2D eigenvalue weighted by molar-refractivity contribution is 5.82. The van der Waals surface area contributed by atoms with Gasteiger partial charge in [-0.25, -0.2) is 8.78 Å². The molecule has 2 fully saturated rings. The van der Waals surface area contributed by atoms with Gasteiger partial charge in [-0.3, -0.25) is 14.5 Å². The molecule has 0 aromatic carbocycles. The minimum Gasteiger partial charge on any atom is -0.467 e. The Bertz CT molecular complexity index is 648. The van der Waals surface area contributed by atoms with E-state index in [9.17, 15) is 18.4 Å². The fraction of sp³-hybridized carbons (Fsp3) is 0.667. The topological polar surface area (TPSA) is 74.6 Å². The Morgan fingerprint density at radius 2 is 2.15 bits per heavy atom. The van der Waals surface area contributed by atoms with Crippen LogP contribution < -0.4 is 10.6 Å². The average Bonchev–Trinajstić information content (AvgIpc) is 3.30. The maximum atomic E-state index is 13.0. The van der Waals surface area contributed by atoms with Crippen molar-refractivity contribution in [1.29, 1.82) is 0 Å². The lowest BCUT2D eigenvalue weighted by Gasteiger charge is -2.29. The van der Waals surface area contributed by atoms with Gasteiger partial charge in [0.05, 0.1) is 19.4 Å². The molecule has 2 aliphatic rings. The minimum atomic E-state index is -2.72. The van der Waals surface area contributed by atoms with E-state index in [0.717, 1.165) is 12.8 Å². The summed E-state index contributed by atoms with van der Waals surface area (Å²) in [5.41, 5.74) is -1.72. The van der Waals surface area contributed by atoms with Crippen LogP contribution in [0.2, 0.25) is 0 Å². The first kappa shape index (κ1) is 18.8. The standard InChI is InChI=1S/C18H25F2N3O3/c1-18(2,16(19)20)17(25)22-13-8-11-5-6-14(13)23(11)10-15(24)21-9-12-4-3-7-26-12/h3-4,7,11,13-14,16H,5-6,8-10H2,1-2H3,(H,21,24)(H,22,25)/t11-,13+,14+/m0/s1. The third-order valence-corrected chi connectivity index (χ3v) is 5.49. The van der Waals surface area contributed by atoms with Crippen molar-refractivity contribution in [3.05, 3.63) is 24.2 Å². The molecule has 3 atom stereocenters. The number of carbonyl (C=O) groups is 2. The minimum absolute atomic E-state index is 0.0202. The summed E-state index contributed by atoms with van der Waals surface area (Å²) in [6, 6.07) is 3.59. The lowest BCUT2D eigenvalue weighted by Crippen LogP contribution is -2.51. The van der Waals surface area contributed by atoms with E-state index in [2.05, 4.69) is 15.5 Å². The number of hydrogen-bond acceptors (Lipinski definition) is 4. The summed E-state index contributed by atoms with van der Waals surface area (Å²) >= 11 is 0. The van der Waals surface area contributed by atoms with Gasteiger partial charge in [0.25, 0.3) is 6.43 Å². The molecule has 2 saturated heterocycles. The maximum absolute atomic E-state index is 13.0. The summed E-state index contributed by atoms with van der Waals surface area (Å²) < 4.78 is 31.3. The van der Waals surface area contributed by atoms with Crippen molar-refractivity contribution >= 4 is 11.8 Å². The molecule has 1 aromatic rings. The maximum Gasteiger partial charge on any atom is 0.252 e. The van der Waals surface area contributed by atoms with Gasteiger partial charge in [-0.05, 0) is 45.2 Å². The zero-order valence-corrected chi connectivity index (χ0v) is 15.0. The molecule has 2 N–H and O–H groups in total. The van der Waals surface area contributed by atoms with E-state index in [-0.39, 0.29) is 30.6 Å². The predicted molar refractivity (Wildman–Crippen MR) is 90.4 cm³/mol. The van der Waals surface area contributed by atoms with Crippen molar-refractivity contribution in [2.24, 2.45) is 5.41 Å². The van der Waals surface area contributed by atoms with E-state index < -0.39 is 17.7 Å². The lowest BCUT2D eigenvalue weighted by molar-refractivity contribution is -0.138. The highest BCUT2D eigenvalue weighted by Gasteiger charge is 2.49. The van der Waals surface area contributed by atoms with Gasteiger partial charge in [-0.1, -0.05) is 0 Å². The first-order chi connectivity index (χ1) is 12.3. The van der Waals surface area contributed by atoms with Crippen molar-refractivity contribution in [3.63, 3.8) is 0 Å². The molecule has 0 spiro atoms. The Kier molecular flexibility index (Phi) is 5.32. The van der Waals surface area contributed by atoms with Crippen LogP contribution in [0.5, 0.6) is 0 Å². The van der Waals surface area contributed by atoms with E-state index >= 15 is 0 Å². The van der Waals surface area contributed by atoms with Gasteiger partial charge in [0.2, 0.25) is 11.8 Å². The number of rotatable bonds is 7. The van der Waals surface area contributed by atoms with Gasteiger partial charge in [0.15, 0.2) is 0 Å². The highest BCUT2D eigenvalue weighted by atomic mass is 19.3. The first-order valence-electron chi connectivity index (χ1n) is 8.93. The molecule has 0 saturated carbocycles. The fourth-order valence-corrected chi connectivity index (χ4v) is 3.78. The molecular formula is C18H25F2N3O3. The van der Waals surface area contributed by atoms with Crippen LogP contribution in [0.15, 0.2) is 22.8 Å². The van der Waals surface area contributed by atoms with Crippen LogP contribution in [0.25, 0.3) is 0 Å². The number of alkyl halides is 2. The Labute approximate surface area is 151 Å². The normalized spacial score (nSPS) is 25.7. The molecule has 2 aliphatic heterocycles. The van der Waals surface area contributed by atoms with Crippen molar-refractivity contribution in [2.45, 2.75) is 64.2 Å². The SMILES string of the molecule is CC(C)(C(=O)N[C@@H]1C[C@@H]2CC[C@H]1N2CC(=O)NCc1ccco1)C(F)F. The molecule has 3 rings (SSSR count). The molecule has 144 valence electrons. The van der Waals surface area contributed by atoms with Gasteiger partial charge < -0.3 is 15.1 Å². The second-order valence-electron chi connectivity index (χ2n) is 7.66. The Hall–Kier alpha value is -1.96. The molecule has 26 heavy (non-hydrogen) atoms. The quantitative estimate of drug-likeness (QED) is 0.770. The number of carbonyl (C=O) groups excluding carboxylic acids is 2. The van der Waals surface area contributed by atoms with Gasteiger partial charge in [-0.2, -0.15) is 0 Å². The molecule has 6 nitrogen and oxygen atoms in total. The summed E-state index contributed by atoms with van der Waals surface area (Å²) in [6.07, 6.45) is 1.35. The molecule has 8 heteroatoms. The third-order valence-electron chi connectivity index (χ3n) is 5.49. The average molecular weight is 369 g/mol. The summed E-state index contributed by atoms with van der Waals surface area (Å²) in [4.78, 5) is 26.5. The predicted octanol–water partition coefficient (Wildman–Crippen LogP) is 1.91. The van der Waals surface area contributed by atoms with Gasteiger partial charge in [-0.15, -0.1) is 0 Å². The summed E-state index contributed by atoms with van der Waals surface area (Å²) in [5, 5.41) is 5.60. The molecule has 2 bridgehead atoms. The number of nitrogens with one attached hydrogen (secondary N) is 2. The number of amides is 2. The van der Waals surface area contributed by atoms with Crippen molar-refractivity contribution < 1.29 is 22.8 Å². The molecule has 2 amide bonds. The second kappa shape index (κ2) is 7.34. The monoisotopic (exact) mass is 369 g/mol. The second-order valence-corrected chi connectivity index (χ2v) is 7.66. The zero-order valence-electron chi connectivity index (χ0n) is 15.0. The molecule has 1 aromatic heterocycles. The number of hydrogen-bond donors (Lipinski definition) is 2. The van der Waals surface area contributed by atoms with Crippen LogP contribution in [0.4, 0.5) is 8.78 Å². The third kappa shape index (κ3) is 3.75. The molecule has 0 unspecified atom stereocenters. The fourth-order valence-electron chi connectivity index (χ4n) is 3.78. The number of fused-ring (bicyclic) bond motifs is 2. The highest BCUT2D eigenvalue weighted by Crippen LogP contribution is 2.38. The van der Waals surface area contributed by atoms with E-state index in [0.29, 0.717) is 18.7 Å². The number of halogens is 2. The zero-order chi connectivity index (χ0) is 18.9. The van der Waals surface area contributed by atoms with Crippen molar-refractivity contribution in [2.75, 3.05) is 6.54 Å². The van der Waals surface area contributed by atoms with Crippen LogP contribution in [-0.4, -0.2) is 47.8 Å². The number of nitrogens with zero attached hydrogens (tertiary/aromatic N) is 1. The molecule has 0 radical (unpaired) electrons. The molecule has 3 heterocycles. The Morgan fingerprint density at radius 3 is 2.81 bits per heavy atom. The lowest BCUT2D eigenvalue weighted by atomic mass is 9.90. The largest absolute Gasteiger partial charge is 0.467 e. The van der Waals surface area contributed by atoms with Crippen molar-refractivity contribution in [3.8, 4) is 0 Å². The van der Waals surface area contributed by atoms with Crippen molar-refractivity contribution in [1.82, 2.24) is 15.5 Å². The van der Waals surface area contributed by atoms with Crippen LogP contribution in [-0.2, 0) is 16.1 Å². The van der Waals surface area contributed by atoms with E-state index in [1.807, 2.05) is 0 Å². The summed E-state index contributed by atoms with van der Waals surface area (Å²) in [6.45, 7) is 3.07. The number of furan rings is 1. The van der Waals surface area contributed by atoms with E-state index in [1.165, 1.54) is 13.8 Å². The van der Waals surface area contributed by atoms with E-state index in [1.54, 1.807) is 18.4 Å². The van der Waals surface area contributed by atoms with Crippen LogP contribution in [0.1, 0.15) is 38.9 Å². The Balaban J connectivity index is 1.53. The van der Waals surface area contributed by atoms with Gasteiger partial charge in [0, 0.05) is 18.1 Å². The molecule has 0 aliphatic carbocycles. The van der Waals surface area contributed by atoms with Gasteiger partial charge in [0.1, 0.15) is 11.2 Å². The van der Waals surface area contributed by atoms with Crippen LogP contribution in [0, 0.1) is 5.41 Å². The van der Waals surface area contributed by atoms with Gasteiger partial charge >= 0.3 is 0 Å². The first-order valence-corrected chi connectivity index (χ1v) is 8.93. The van der Waals surface area contributed by atoms with E-state index in [4.69, 9.17) is 4.42 Å². The Morgan fingerprint density at radius 1 is 1.38 bits per heavy atom. The summed E-state index contributed by atoms with van der Waals surface area (Å²) in [7, 11) is 0. The summed E-state index contributed by atoms with van der Waals surface area (Å²) in [5.74, 6) is -0.0624. The smallest absolute Gasteiger partial charge is 0.252 e. The van der Waals surface area contributed by atoms with Crippen LogP contribution in [0.3, 0.4) is 0 Å². The molecular weight excluding hydrogens is 344 g/mol.